The topological polar surface area (TPSA) is 58.6 Å². The van der Waals surface area contributed by atoms with E-state index < -0.39 is 11.8 Å². The maximum Gasteiger partial charge on any atom is 0.270 e. The van der Waals surface area contributed by atoms with Gasteiger partial charge in [-0.2, -0.15) is 0 Å². The molecule has 3 aromatic carbocycles. The van der Waals surface area contributed by atoms with Crippen LogP contribution in [0.3, 0.4) is 0 Å². The first-order valence-electron chi connectivity index (χ1n) is 9.85. The average molecular weight is 463 g/mol. The average Bonchev–Trinajstić information content (AvgIpc) is 2.79. The lowest BCUT2D eigenvalue weighted by Gasteiger charge is -2.28. The van der Waals surface area contributed by atoms with Crippen LogP contribution in [0.4, 0.5) is 5.69 Å². The number of amides is 2. The number of methoxy groups -OCH3 is 1. The first-order valence-corrected chi connectivity index (χ1v) is 10.6. The van der Waals surface area contributed by atoms with E-state index in [1.165, 1.54) is 11.0 Å². The van der Waals surface area contributed by atoms with Crippen molar-refractivity contribution in [1.29, 1.82) is 0 Å². The normalized spacial score (nSPS) is 15.1. The van der Waals surface area contributed by atoms with Crippen LogP contribution in [-0.2, 0) is 16.0 Å². The lowest BCUT2D eigenvalue weighted by atomic mass is 10.0. The third kappa shape index (κ3) is 4.42. The molecule has 0 unspecified atom stereocenters. The van der Waals surface area contributed by atoms with Gasteiger partial charge >= 0.3 is 0 Å². The van der Waals surface area contributed by atoms with Crippen molar-refractivity contribution in [3.8, 4) is 5.75 Å². The van der Waals surface area contributed by atoms with Crippen LogP contribution in [-0.4, -0.2) is 24.0 Å². The molecule has 4 rings (SSSR count). The Labute approximate surface area is 196 Å². The van der Waals surface area contributed by atoms with E-state index in [0.717, 1.165) is 11.1 Å². The molecular weight excluding hydrogens is 444 g/mol. The standard InChI is InChI=1S/C25H19ClN2O3S/c1-31-22-14-16(11-12-18(22)15-17-7-5-6-10-21(17)26)13-20-23(29)27-25(32)28(24(20)30)19-8-3-2-4-9-19/h2-14H,15H2,1H3,(H,27,29,32)/b20-13-. The number of anilines is 1. The van der Waals surface area contributed by atoms with Gasteiger partial charge in [0.15, 0.2) is 5.11 Å². The number of halogens is 1. The number of benzene rings is 3. The first kappa shape index (κ1) is 21.7. The van der Waals surface area contributed by atoms with Crippen molar-refractivity contribution in [2.75, 3.05) is 12.0 Å². The zero-order valence-corrected chi connectivity index (χ0v) is 18.7. The number of para-hydroxylation sites is 1. The molecule has 0 radical (unpaired) electrons. The van der Waals surface area contributed by atoms with Crippen LogP contribution in [0.1, 0.15) is 16.7 Å². The Morgan fingerprint density at radius 1 is 1.00 bits per heavy atom. The van der Waals surface area contributed by atoms with E-state index in [4.69, 9.17) is 28.6 Å². The summed E-state index contributed by atoms with van der Waals surface area (Å²) in [5.41, 5.74) is 3.15. The Morgan fingerprint density at radius 2 is 1.72 bits per heavy atom. The van der Waals surface area contributed by atoms with E-state index in [9.17, 15) is 9.59 Å². The van der Waals surface area contributed by atoms with Crippen LogP contribution < -0.4 is 15.0 Å². The van der Waals surface area contributed by atoms with Gasteiger partial charge in [0, 0.05) is 11.4 Å². The van der Waals surface area contributed by atoms with E-state index in [1.54, 1.807) is 37.4 Å². The Kier molecular flexibility index (Phi) is 6.35. The summed E-state index contributed by atoms with van der Waals surface area (Å²) < 4.78 is 5.56. The molecule has 0 saturated carbocycles. The number of carbonyl (C=O) groups excluding carboxylic acids is 2. The summed E-state index contributed by atoms with van der Waals surface area (Å²) in [7, 11) is 1.58. The quantitative estimate of drug-likeness (QED) is 0.337. The van der Waals surface area contributed by atoms with E-state index >= 15 is 0 Å². The number of hydrogen-bond acceptors (Lipinski definition) is 4. The zero-order chi connectivity index (χ0) is 22.7. The summed E-state index contributed by atoms with van der Waals surface area (Å²) >= 11 is 11.5. The zero-order valence-electron chi connectivity index (χ0n) is 17.2. The molecule has 0 aromatic heterocycles. The van der Waals surface area contributed by atoms with Crippen LogP contribution in [0.15, 0.2) is 78.4 Å². The van der Waals surface area contributed by atoms with Gasteiger partial charge in [-0.1, -0.05) is 60.1 Å². The van der Waals surface area contributed by atoms with Gasteiger partial charge in [-0.05, 0) is 59.2 Å². The Balaban J connectivity index is 1.66. The largest absolute Gasteiger partial charge is 0.496 e. The third-order valence-electron chi connectivity index (χ3n) is 5.08. The number of rotatable bonds is 5. The number of ether oxygens (including phenoxy) is 1. The second kappa shape index (κ2) is 9.34. The number of nitrogens with one attached hydrogen (secondary N) is 1. The minimum atomic E-state index is -0.536. The molecule has 32 heavy (non-hydrogen) atoms. The van der Waals surface area contributed by atoms with Crippen molar-refractivity contribution in [2.45, 2.75) is 6.42 Å². The predicted octanol–water partition coefficient (Wildman–Crippen LogP) is 4.77. The smallest absolute Gasteiger partial charge is 0.270 e. The number of hydrogen-bond donors (Lipinski definition) is 1. The Morgan fingerprint density at radius 3 is 2.44 bits per heavy atom. The van der Waals surface area contributed by atoms with E-state index in [-0.39, 0.29) is 10.7 Å². The van der Waals surface area contributed by atoms with Crippen molar-refractivity contribution in [1.82, 2.24) is 5.32 Å². The third-order valence-corrected chi connectivity index (χ3v) is 5.73. The summed E-state index contributed by atoms with van der Waals surface area (Å²) in [5.74, 6) is -0.381. The molecule has 1 heterocycles. The molecule has 1 aliphatic rings. The van der Waals surface area contributed by atoms with Gasteiger partial charge in [-0.3, -0.25) is 19.8 Å². The molecular formula is C25H19ClN2O3S. The van der Waals surface area contributed by atoms with Crippen LogP contribution in [0.25, 0.3) is 6.08 Å². The van der Waals surface area contributed by atoms with E-state index in [2.05, 4.69) is 5.32 Å². The predicted molar refractivity (Wildman–Crippen MR) is 130 cm³/mol. The molecule has 0 bridgehead atoms. The molecule has 3 aromatic rings. The molecule has 160 valence electrons. The van der Waals surface area contributed by atoms with Gasteiger partial charge in [-0.15, -0.1) is 0 Å². The highest BCUT2D eigenvalue weighted by molar-refractivity contribution is 7.80. The molecule has 0 aliphatic carbocycles. The SMILES string of the molecule is COc1cc(/C=C2/C(=O)NC(=S)N(c3ccccc3)C2=O)ccc1Cc1ccccc1Cl. The van der Waals surface area contributed by atoms with Crippen molar-refractivity contribution in [2.24, 2.45) is 0 Å². The van der Waals surface area contributed by atoms with E-state index in [0.29, 0.717) is 28.4 Å². The van der Waals surface area contributed by atoms with Gasteiger partial charge in [0.05, 0.1) is 12.8 Å². The summed E-state index contributed by atoms with van der Waals surface area (Å²) in [6.07, 6.45) is 2.13. The lowest BCUT2D eigenvalue weighted by molar-refractivity contribution is -0.122. The van der Waals surface area contributed by atoms with Crippen molar-refractivity contribution < 1.29 is 14.3 Å². The number of carbonyl (C=O) groups is 2. The fraction of sp³-hybridized carbons (Fsp3) is 0.0800. The van der Waals surface area contributed by atoms with Gasteiger partial charge in [0.25, 0.3) is 11.8 Å². The molecule has 0 atom stereocenters. The van der Waals surface area contributed by atoms with Gasteiger partial charge in [0.2, 0.25) is 0 Å². The Bertz CT molecular complexity index is 1240. The van der Waals surface area contributed by atoms with Gasteiger partial charge < -0.3 is 4.74 Å². The summed E-state index contributed by atoms with van der Waals surface area (Å²) in [5, 5.41) is 3.33. The van der Waals surface area contributed by atoms with Gasteiger partial charge in [0.1, 0.15) is 11.3 Å². The molecule has 1 N–H and O–H groups in total. The summed E-state index contributed by atoms with van der Waals surface area (Å²) in [6.45, 7) is 0. The minimum Gasteiger partial charge on any atom is -0.496 e. The number of nitrogens with zero attached hydrogens (tertiary/aromatic N) is 1. The highest BCUT2D eigenvalue weighted by Gasteiger charge is 2.34. The molecule has 1 saturated heterocycles. The molecule has 1 fully saturated rings. The molecule has 1 aliphatic heterocycles. The highest BCUT2D eigenvalue weighted by Crippen LogP contribution is 2.28. The fourth-order valence-electron chi connectivity index (χ4n) is 3.48. The van der Waals surface area contributed by atoms with Crippen molar-refractivity contribution >= 4 is 52.5 Å². The Hall–Kier alpha value is -3.48. The summed E-state index contributed by atoms with van der Waals surface area (Å²) in [4.78, 5) is 27.0. The van der Waals surface area contributed by atoms with Crippen molar-refractivity contribution in [3.63, 3.8) is 0 Å². The van der Waals surface area contributed by atoms with Gasteiger partial charge in [-0.25, -0.2) is 0 Å². The van der Waals surface area contributed by atoms with Crippen LogP contribution in [0, 0.1) is 0 Å². The molecule has 2 amide bonds. The second-order valence-electron chi connectivity index (χ2n) is 7.13. The monoisotopic (exact) mass is 462 g/mol. The van der Waals surface area contributed by atoms with Crippen LogP contribution in [0.5, 0.6) is 5.75 Å². The minimum absolute atomic E-state index is 0.0108. The van der Waals surface area contributed by atoms with Crippen molar-refractivity contribution in [3.05, 3.63) is 100 Å². The highest BCUT2D eigenvalue weighted by atomic mass is 35.5. The fourth-order valence-corrected chi connectivity index (χ4v) is 3.96. The maximum absolute atomic E-state index is 13.1. The molecule has 7 heteroatoms. The first-order chi connectivity index (χ1) is 15.5. The maximum atomic E-state index is 13.1. The number of thiocarbonyl (C=S) groups is 1. The van der Waals surface area contributed by atoms with E-state index in [1.807, 2.05) is 42.5 Å². The molecule has 0 spiro atoms. The second-order valence-corrected chi connectivity index (χ2v) is 7.93. The lowest BCUT2D eigenvalue weighted by Crippen LogP contribution is -2.54. The summed E-state index contributed by atoms with van der Waals surface area (Å²) in [6, 6.07) is 22.1. The molecule has 5 nitrogen and oxygen atoms in total. The van der Waals surface area contributed by atoms with Crippen LogP contribution in [0.2, 0.25) is 5.02 Å². The van der Waals surface area contributed by atoms with Crippen LogP contribution >= 0.6 is 23.8 Å².